The van der Waals surface area contributed by atoms with Crippen molar-refractivity contribution >= 4 is 17.3 Å². The lowest BCUT2D eigenvalue weighted by atomic mass is 10.1. The van der Waals surface area contributed by atoms with E-state index in [9.17, 15) is 4.39 Å². The molecule has 5 heteroatoms. The highest BCUT2D eigenvalue weighted by atomic mass is 35.5. The van der Waals surface area contributed by atoms with Crippen LogP contribution in [-0.2, 0) is 0 Å². The van der Waals surface area contributed by atoms with Crippen LogP contribution in [0.25, 0.3) is 11.3 Å². The highest BCUT2D eigenvalue weighted by molar-refractivity contribution is 6.32. The Labute approximate surface area is 84.3 Å². The first-order chi connectivity index (χ1) is 6.68. The van der Waals surface area contributed by atoms with Gasteiger partial charge in [-0.05, 0) is 12.1 Å². The van der Waals surface area contributed by atoms with Gasteiger partial charge in [0.05, 0.1) is 0 Å². The molecule has 3 nitrogen and oxygen atoms in total. The van der Waals surface area contributed by atoms with Crippen LogP contribution in [0.15, 0.2) is 28.8 Å². The van der Waals surface area contributed by atoms with Crippen LogP contribution < -0.4 is 5.73 Å². The van der Waals surface area contributed by atoms with Crippen molar-refractivity contribution in [1.82, 2.24) is 5.16 Å². The van der Waals surface area contributed by atoms with Crippen LogP contribution in [0.4, 0.5) is 10.1 Å². The lowest BCUT2D eigenvalue weighted by Crippen LogP contribution is -1.86. The molecular weight excluding hydrogens is 207 g/mol. The van der Waals surface area contributed by atoms with Crippen molar-refractivity contribution in [2.75, 3.05) is 5.73 Å². The predicted molar refractivity (Wildman–Crippen MR) is 51.3 cm³/mol. The summed E-state index contributed by atoms with van der Waals surface area (Å²) in [7, 11) is 0. The first-order valence-corrected chi connectivity index (χ1v) is 4.23. The second kappa shape index (κ2) is 3.31. The summed E-state index contributed by atoms with van der Waals surface area (Å²) in [5.74, 6) is -0.0797. The van der Waals surface area contributed by atoms with E-state index in [2.05, 4.69) is 5.16 Å². The average molecular weight is 213 g/mol. The molecule has 1 aromatic carbocycles. The molecule has 0 amide bonds. The molecule has 0 atom stereocenters. The molecule has 0 aliphatic carbocycles. The molecule has 72 valence electrons. The van der Waals surface area contributed by atoms with Crippen LogP contribution in [0.1, 0.15) is 0 Å². The van der Waals surface area contributed by atoms with E-state index in [0.717, 1.165) is 0 Å². The van der Waals surface area contributed by atoms with Gasteiger partial charge in [-0.25, -0.2) is 4.39 Å². The summed E-state index contributed by atoms with van der Waals surface area (Å²) in [5, 5.41) is 3.55. The Morgan fingerprint density at radius 3 is 2.79 bits per heavy atom. The van der Waals surface area contributed by atoms with E-state index in [1.807, 2.05) is 0 Å². The van der Waals surface area contributed by atoms with E-state index in [-0.39, 0.29) is 22.4 Å². The van der Waals surface area contributed by atoms with E-state index < -0.39 is 0 Å². The third-order valence-electron chi connectivity index (χ3n) is 1.77. The third kappa shape index (κ3) is 1.44. The third-order valence-corrected chi connectivity index (χ3v) is 2.04. The maximum absolute atomic E-state index is 12.9. The molecule has 0 spiro atoms. The quantitative estimate of drug-likeness (QED) is 0.791. The fourth-order valence-corrected chi connectivity index (χ4v) is 1.24. The van der Waals surface area contributed by atoms with Crippen LogP contribution in [-0.4, -0.2) is 5.16 Å². The summed E-state index contributed by atoms with van der Waals surface area (Å²) in [4.78, 5) is 0. The van der Waals surface area contributed by atoms with Gasteiger partial charge in [0.2, 0.25) is 0 Å². The molecule has 0 saturated heterocycles. The molecule has 0 bridgehead atoms. The van der Waals surface area contributed by atoms with E-state index in [1.54, 1.807) is 12.1 Å². The highest BCUT2D eigenvalue weighted by Gasteiger charge is 2.13. The first-order valence-electron chi connectivity index (χ1n) is 3.85. The van der Waals surface area contributed by atoms with Gasteiger partial charge < -0.3 is 10.3 Å². The molecule has 0 saturated carbocycles. The van der Waals surface area contributed by atoms with Gasteiger partial charge in [-0.2, -0.15) is 0 Å². The number of nitrogens with zero attached hydrogens (tertiary/aromatic N) is 1. The van der Waals surface area contributed by atoms with Crippen molar-refractivity contribution in [2.45, 2.75) is 0 Å². The molecule has 14 heavy (non-hydrogen) atoms. The van der Waals surface area contributed by atoms with Crippen LogP contribution in [0.3, 0.4) is 0 Å². The van der Waals surface area contributed by atoms with Gasteiger partial charge in [0.15, 0.2) is 10.9 Å². The fraction of sp³-hybridized carbons (Fsp3) is 0. The second-order valence-corrected chi connectivity index (χ2v) is 3.08. The number of anilines is 1. The first kappa shape index (κ1) is 9.02. The van der Waals surface area contributed by atoms with Crippen molar-refractivity contribution in [3.05, 3.63) is 35.2 Å². The summed E-state index contributed by atoms with van der Waals surface area (Å²) in [6.45, 7) is 0. The molecule has 1 heterocycles. The predicted octanol–water partition coefficient (Wildman–Crippen LogP) is 2.72. The summed E-state index contributed by atoms with van der Waals surface area (Å²) in [6, 6.07) is 5.85. The standard InChI is InChI=1S/C9H6ClFN2O/c10-9-7(12)8(14-13-9)5-2-1-3-6(11)4-5/h1-4H,12H2. The van der Waals surface area contributed by atoms with E-state index in [0.29, 0.717) is 5.56 Å². The van der Waals surface area contributed by atoms with Crippen LogP contribution in [0.2, 0.25) is 5.15 Å². The minimum absolute atomic E-state index is 0.0873. The fourth-order valence-electron chi connectivity index (χ4n) is 1.12. The molecule has 0 unspecified atom stereocenters. The number of nitrogen functional groups attached to an aromatic ring is 1. The summed E-state index contributed by atoms with van der Waals surface area (Å²) in [6.07, 6.45) is 0. The number of benzene rings is 1. The van der Waals surface area contributed by atoms with Crippen molar-refractivity contribution in [3.8, 4) is 11.3 Å². The van der Waals surface area contributed by atoms with Crippen molar-refractivity contribution in [2.24, 2.45) is 0 Å². The van der Waals surface area contributed by atoms with Gasteiger partial charge in [0.25, 0.3) is 0 Å². The normalized spacial score (nSPS) is 10.4. The molecule has 1 aromatic heterocycles. The number of aromatic nitrogens is 1. The molecule has 2 aromatic rings. The van der Waals surface area contributed by atoms with E-state index in [4.69, 9.17) is 21.9 Å². The number of rotatable bonds is 1. The van der Waals surface area contributed by atoms with Gasteiger partial charge >= 0.3 is 0 Å². The molecular formula is C9H6ClFN2O. The number of nitrogens with two attached hydrogens (primary N) is 1. The summed E-state index contributed by atoms with van der Waals surface area (Å²) >= 11 is 5.60. The smallest absolute Gasteiger partial charge is 0.195 e. The highest BCUT2D eigenvalue weighted by Crippen LogP contribution is 2.31. The van der Waals surface area contributed by atoms with Crippen molar-refractivity contribution in [1.29, 1.82) is 0 Å². The molecule has 0 fully saturated rings. The van der Waals surface area contributed by atoms with Gasteiger partial charge in [0, 0.05) is 5.56 Å². The van der Waals surface area contributed by atoms with Gasteiger partial charge in [0.1, 0.15) is 11.5 Å². The monoisotopic (exact) mass is 212 g/mol. The Kier molecular flexibility index (Phi) is 2.13. The van der Waals surface area contributed by atoms with Gasteiger partial charge in [-0.3, -0.25) is 0 Å². The SMILES string of the molecule is Nc1c(Cl)noc1-c1cccc(F)c1. The summed E-state index contributed by atoms with van der Waals surface area (Å²) < 4.78 is 17.7. The minimum Gasteiger partial charge on any atom is -0.393 e. The zero-order valence-corrected chi connectivity index (χ0v) is 7.75. The zero-order valence-electron chi connectivity index (χ0n) is 7.00. The van der Waals surface area contributed by atoms with E-state index in [1.165, 1.54) is 12.1 Å². The Balaban J connectivity index is 2.55. The Bertz CT molecular complexity index is 470. The Morgan fingerprint density at radius 2 is 2.21 bits per heavy atom. The lowest BCUT2D eigenvalue weighted by Gasteiger charge is -1.96. The Hall–Kier alpha value is -1.55. The maximum Gasteiger partial charge on any atom is 0.195 e. The molecule has 0 aliphatic rings. The topological polar surface area (TPSA) is 52.0 Å². The second-order valence-electron chi connectivity index (χ2n) is 2.73. The van der Waals surface area contributed by atoms with Crippen LogP contribution >= 0.6 is 11.6 Å². The largest absolute Gasteiger partial charge is 0.393 e. The van der Waals surface area contributed by atoms with E-state index >= 15 is 0 Å². The molecule has 2 rings (SSSR count). The Morgan fingerprint density at radius 1 is 1.43 bits per heavy atom. The van der Waals surface area contributed by atoms with Crippen molar-refractivity contribution < 1.29 is 8.91 Å². The van der Waals surface area contributed by atoms with Crippen molar-refractivity contribution in [3.63, 3.8) is 0 Å². The van der Waals surface area contributed by atoms with Crippen LogP contribution in [0, 0.1) is 5.82 Å². The van der Waals surface area contributed by atoms with Gasteiger partial charge in [-0.15, -0.1) is 0 Å². The minimum atomic E-state index is -0.366. The molecule has 0 radical (unpaired) electrons. The number of hydrogen-bond donors (Lipinski definition) is 1. The number of halogens is 2. The van der Waals surface area contributed by atoms with Crippen LogP contribution in [0.5, 0.6) is 0 Å². The lowest BCUT2D eigenvalue weighted by molar-refractivity contribution is 0.432. The number of hydrogen-bond acceptors (Lipinski definition) is 3. The molecule has 0 aliphatic heterocycles. The zero-order chi connectivity index (χ0) is 10.1. The average Bonchev–Trinajstić information content (AvgIpc) is 2.48. The summed E-state index contributed by atoms with van der Waals surface area (Å²) in [5.41, 5.74) is 6.31. The molecule has 2 N–H and O–H groups in total. The van der Waals surface area contributed by atoms with Gasteiger partial charge in [-0.1, -0.05) is 28.9 Å². The maximum atomic E-state index is 12.9.